The van der Waals surface area contributed by atoms with Crippen molar-refractivity contribution in [3.63, 3.8) is 0 Å². The maximum Gasteiger partial charge on any atom is 0.334 e. The summed E-state index contributed by atoms with van der Waals surface area (Å²) < 4.78 is 5.17. The van der Waals surface area contributed by atoms with Crippen LogP contribution in [0.25, 0.3) is 0 Å². The molecule has 2 aliphatic rings. The van der Waals surface area contributed by atoms with Gasteiger partial charge in [-0.25, -0.2) is 4.79 Å². The molecule has 106 valence electrons. The van der Waals surface area contributed by atoms with Gasteiger partial charge >= 0.3 is 5.97 Å². The summed E-state index contributed by atoms with van der Waals surface area (Å²) in [4.78, 5) is 25.4. The van der Waals surface area contributed by atoms with E-state index in [-0.39, 0.29) is 19.1 Å². The minimum atomic E-state index is -1.01. The third-order valence-electron chi connectivity index (χ3n) is 4.11. The summed E-state index contributed by atoms with van der Waals surface area (Å²) in [5.74, 6) is -0.967. The average molecular weight is 275 g/mol. The van der Waals surface area contributed by atoms with Crippen molar-refractivity contribution >= 4 is 11.9 Å². The van der Waals surface area contributed by atoms with E-state index in [2.05, 4.69) is 0 Å². The van der Waals surface area contributed by atoms with Crippen LogP contribution in [-0.2, 0) is 19.7 Å². The second kappa shape index (κ2) is 4.90. The Morgan fingerprint density at radius 3 is 2.55 bits per heavy atom. The lowest BCUT2D eigenvalue weighted by molar-refractivity contribution is -0.160. The number of ether oxygens (including phenoxy) is 1. The van der Waals surface area contributed by atoms with Gasteiger partial charge in [0.15, 0.2) is 6.10 Å². The minimum Gasteiger partial charge on any atom is -0.479 e. The number of carboxylic acid groups (broad SMARTS) is 1. The highest BCUT2D eigenvalue weighted by molar-refractivity contribution is 5.91. The number of amides is 1. The molecule has 20 heavy (non-hydrogen) atoms. The van der Waals surface area contributed by atoms with Gasteiger partial charge in [0.05, 0.1) is 18.6 Å². The molecule has 0 radical (unpaired) electrons. The van der Waals surface area contributed by atoms with Crippen molar-refractivity contribution in [1.29, 1.82) is 0 Å². The smallest absolute Gasteiger partial charge is 0.334 e. The first-order valence-electron chi connectivity index (χ1n) is 6.83. The number of rotatable bonds is 3. The maximum absolute atomic E-state index is 12.7. The van der Waals surface area contributed by atoms with Crippen molar-refractivity contribution < 1.29 is 19.4 Å². The van der Waals surface area contributed by atoms with E-state index in [1.807, 2.05) is 30.3 Å². The fourth-order valence-electron chi connectivity index (χ4n) is 2.79. The molecule has 5 nitrogen and oxygen atoms in total. The molecule has 1 aromatic carbocycles. The van der Waals surface area contributed by atoms with Crippen molar-refractivity contribution in [2.75, 3.05) is 19.7 Å². The number of aliphatic carboxylic acids is 1. The molecule has 1 aliphatic heterocycles. The van der Waals surface area contributed by atoms with Gasteiger partial charge in [-0.15, -0.1) is 0 Å². The van der Waals surface area contributed by atoms with Gasteiger partial charge in [0.25, 0.3) is 0 Å². The highest BCUT2D eigenvalue weighted by Gasteiger charge is 2.53. The van der Waals surface area contributed by atoms with Crippen molar-refractivity contribution in [3.05, 3.63) is 35.9 Å². The SMILES string of the molecule is O=C(O)C1CN(C(=O)C2(c3ccccc3)CC2)CCO1. The Kier molecular flexibility index (Phi) is 3.22. The van der Waals surface area contributed by atoms with Crippen molar-refractivity contribution in [3.8, 4) is 0 Å². The van der Waals surface area contributed by atoms with E-state index < -0.39 is 17.5 Å². The van der Waals surface area contributed by atoms with E-state index in [0.717, 1.165) is 18.4 Å². The van der Waals surface area contributed by atoms with Crippen LogP contribution in [0.1, 0.15) is 18.4 Å². The lowest BCUT2D eigenvalue weighted by Crippen LogP contribution is -2.51. The molecule has 5 heteroatoms. The molecular weight excluding hydrogens is 258 g/mol. The van der Waals surface area contributed by atoms with Crippen molar-refractivity contribution in [1.82, 2.24) is 4.90 Å². The van der Waals surface area contributed by atoms with Gasteiger partial charge in [-0.05, 0) is 18.4 Å². The van der Waals surface area contributed by atoms with E-state index in [0.29, 0.717) is 6.54 Å². The Labute approximate surface area is 117 Å². The summed E-state index contributed by atoms with van der Waals surface area (Å²) in [6.07, 6.45) is 0.773. The standard InChI is InChI=1S/C15H17NO4/c17-13(18)12-10-16(8-9-20-12)14(19)15(6-7-15)11-4-2-1-3-5-11/h1-5,12H,6-10H2,(H,17,18). The van der Waals surface area contributed by atoms with Crippen molar-refractivity contribution in [2.45, 2.75) is 24.4 Å². The molecule has 0 spiro atoms. The fraction of sp³-hybridized carbons (Fsp3) is 0.467. The summed E-state index contributed by atoms with van der Waals surface area (Å²) in [5.41, 5.74) is 0.602. The van der Waals surface area contributed by atoms with Crippen LogP contribution in [0.4, 0.5) is 0 Å². The molecular formula is C15H17NO4. The molecule has 1 saturated heterocycles. The molecule has 1 saturated carbocycles. The van der Waals surface area contributed by atoms with Gasteiger partial charge in [-0.1, -0.05) is 30.3 Å². The highest BCUT2D eigenvalue weighted by atomic mass is 16.5. The number of carboxylic acids is 1. The molecule has 1 amide bonds. The number of hydrogen-bond acceptors (Lipinski definition) is 3. The third-order valence-corrected chi connectivity index (χ3v) is 4.11. The van der Waals surface area contributed by atoms with E-state index in [1.165, 1.54) is 0 Å². The zero-order valence-corrected chi connectivity index (χ0v) is 11.1. The quantitative estimate of drug-likeness (QED) is 0.894. The van der Waals surface area contributed by atoms with Gasteiger partial charge < -0.3 is 14.7 Å². The molecule has 1 N–H and O–H groups in total. The van der Waals surface area contributed by atoms with Crippen LogP contribution in [0.5, 0.6) is 0 Å². The Morgan fingerprint density at radius 1 is 1.25 bits per heavy atom. The van der Waals surface area contributed by atoms with Crippen LogP contribution in [0.3, 0.4) is 0 Å². The highest BCUT2D eigenvalue weighted by Crippen LogP contribution is 2.49. The number of carbonyl (C=O) groups is 2. The van der Waals surface area contributed by atoms with Gasteiger partial charge in [0, 0.05) is 6.54 Å². The van der Waals surface area contributed by atoms with E-state index in [9.17, 15) is 9.59 Å². The molecule has 1 aromatic rings. The Balaban J connectivity index is 1.77. The van der Waals surface area contributed by atoms with Gasteiger partial charge in [-0.3, -0.25) is 4.79 Å². The molecule has 3 rings (SSSR count). The van der Waals surface area contributed by atoms with E-state index >= 15 is 0 Å². The molecule has 2 fully saturated rings. The summed E-state index contributed by atoms with van der Waals surface area (Å²) in [6.45, 7) is 0.896. The number of benzene rings is 1. The zero-order chi connectivity index (χ0) is 14.2. The monoisotopic (exact) mass is 275 g/mol. The van der Waals surface area contributed by atoms with Crippen LogP contribution in [0.2, 0.25) is 0 Å². The number of hydrogen-bond donors (Lipinski definition) is 1. The van der Waals surface area contributed by atoms with Crippen LogP contribution < -0.4 is 0 Å². The topological polar surface area (TPSA) is 66.8 Å². The minimum absolute atomic E-state index is 0.0400. The maximum atomic E-state index is 12.7. The predicted molar refractivity (Wildman–Crippen MR) is 71.3 cm³/mol. The van der Waals surface area contributed by atoms with Gasteiger partial charge in [0.2, 0.25) is 5.91 Å². The second-order valence-corrected chi connectivity index (χ2v) is 5.40. The van der Waals surface area contributed by atoms with Gasteiger partial charge in [-0.2, -0.15) is 0 Å². The second-order valence-electron chi connectivity index (χ2n) is 5.40. The average Bonchev–Trinajstić information content (AvgIpc) is 3.29. The van der Waals surface area contributed by atoms with Crippen LogP contribution in [0, 0.1) is 0 Å². The Hall–Kier alpha value is -1.88. The summed E-state index contributed by atoms with van der Waals surface area (Å²) in [5, 5.41) is 9.01. The summed E-state index contributed by atoms with van der Waals surface area (Å²) in [7, 11) is 0. The van der Waals surface area contributed by atoms with E-state index in [1.54, 1.807) is 4.90 Å². The molecule has 0 aromatic heterocycles. The number of morpholine rings is 1. The largest absolute Gasteiger partial charge is 0.479 e. The van der Waals surface area contributed by atoms with Crippen LogP contribution >= 0.6 is 0 Å². The first kappa shape index (κ1) is 13.1. The number of carbonyl (C=O) groups excluding carboxylic acids is 1. The van der Waals surface area contributed by atoms with Crippen LogP contribution in [0.15, 0.2) is 30.3 Å². The lowest BCUT2D eigenvalue weighted by atomic mass is 9.94. The third kappa shape index (κ3) is 2.18. The first-order chi connectivity index (χ1) is 9.63. The summed E-state index contributed by atoms with van der Waals surface area (Å²) >= 11 is 0. The van der Waals surface area contributed by atoms with Crippen molar-refractivity contribution in [2.24, 2.45) is 0 Å². The van der Waals surface area contributed by atoms with Gasteiger partial charge in [0.1, 0.15) is 0 Å². The molecule has 1 aliphatic carbocycles. The normalized spacial score (nSPS) is 24.2. The summed E-state index contributed by atoms with van der Waals surface area (Å²) in [6, 6.07) is 9.74. The van der Waals surface area contributed by atoms with E-state index in [4.69, 9.17) is 9.84 Å². The molecule has 1 unspecified atom stereocenters. The molecule has 0 bridgehead atoms. The lowest BCUT2D eigenvalue weighted by Gasteiger charge is -2.33. The Morgan fingerprint density at radius 2 is 1.95 bits per heavy atom. The first-order valence-corrected chi connectivity index (χ1v) is 6.83. The molecule has 1 atom stereocenters. The molecule has 1 heterocycles. The fourth-order valence-corrected chi connectivity index (χ4v) is 2.79. The zero-order valence-electron chi connectivity index (χ0n) is 11.1. The Bertz CT molecular complexity index is 524. The number of nitrogens with zero attached hydrogens (tertiary/aromatic N) is 1. The van der Waals surface area contributed by atoms with Crippen LogP contribution in [-0.4, -0.2) is 47.7 Å². The predicted octanol–water partition coefficient (Wildman–Crippen LogP) is 1.03.